The summed E-state index contributed by atoms with van der Waals surface area (Å²) in [5.41, 5.74) is 1.29. The highest BCUT2D eigenvalue weighted by molar-refractivity contribution is 5.77. The molecule has 1 aromatic rings. The molecule has 1 N–H and O–H groups in total. The van der Waals surface area contributed by atoms with Crippen LogP contribution in [0, 0.1) is 17.8 Å². The molecule has 0 saturated carbocycles. The lowest BCUT2D eigenvalue weighted by atomic mass is 9.85. The smallest absolute Gasteiger partial charge is 0.223 e. The van der Waals surface area contributed by atoms with E-state index >= 15 is 0 Å². The summed E-state index contributed by atoms with van der Waals surface area (Å²) in [5, 5.41) is 3.43. The van der Waals surface area contributed by atoms with Gasteiger partial charge in [0.25, 0.3) is 0 Å². The molecule has 114 valence electrons. The Bertz CT molecular complexity index is 473. The number of carbonyl (C=O) groups is 1. The fraction of sp³-hybridized carbons (Fsp3) is 0.611. The van der Waals surface area contributed by atoms with Crippen LogP contribution in [0.3, 0.4) is 0 Å². The van der Waals surface area contributed by atoms with Gasteiger partial charge in [0.2, 0.25) is 5.91 Å². The fourth-order valence-electron chi connectivity index (χ4n) is 3.81. The third kappa shape index (κ3) is 3.13. The average Bonchev–Trinajstić information content (AvgIpc) is 3.06. The van der Waals surface area contributed by atoms with Crippen molar-refractivity contribution in [1.29, 1.82) is 0 Å². The van der Waals surface area contributed by atoms with Gasteiger partial charge in [0.15, 0.2) is 0 Å². The maximum atomic E-state index is 12.7. The lowest BCUT2D eigenvalue weighted by molar-refractivity contribution is -0.131. The minimum Gasteiger partial charge on any atom is -0.342 e. The van der Waals surface area contributed by atoms with Crippen molar-refractivity contribution >= 4 is 5.91 Å². The first-order chi connectivity index (χ1) is 10.1. The van der Waals surface area contributed by atoms with Gasteiger partial charge in [-0.15, -0.1) is 0 Å². The molecule has 1 aromatic carbocycles. The second-order valence-electron chi connectivity index (χ2n) is 6.94. The molecule has 2 heterocycles. The number of hydrogen-bond donors (Lipinski definition) is 1. The van der Waals surface area contributed by atoms with Gasteiger partial charge >= 0.3 is 0 Å². The minimum absolute atomic E-state index is 0.331. The third-order valence-corrected chi connectivity index (χ3v) is 5.17. The van der Waals surface area contributed by atoms with Gasteiger partial charge in [-0.3, -0.25) is 4.79 Å². The van der Waals surface area contributed by atoms with Gasteiger partial charge in [-0.1, -0.05) is 44.2 Å². The Balaban J connectivity index is 1.65. The van der Waals surface area contributed by atoms with Crippen LogP contribution >= 0.6 is 0 Å². The molecule has 2 aliphatic heterocycles. The fourth-order valence-corrected chi connectivity index (χ4v) is 3.81. The molecule has 2 aliphatic rings. The zero-order valence-electron chi connectivity index (χ0n) is 13.1. The molecule has 21 heavy (non-hydrogen) atoms. The SMILES string of the molecule is CC(C)C(CC(=O)N1C[C@H]2CNC[C@H]2C1)c1ccccc1. The number of hydrogen-bond acceptors (Lipinski definition) is 2. The Kier molecular flexibility index (Phi) is 4.29. The van der Waals surface area contributed by atoms with E-state index in [0.717, 1.165) is 26.2 Å². The minimum atomic E-state index is 0.331. The molecule has 3 heteroatoms. The zero-order chi connectivity index (χ0) is 14.8. The molecule has 1 amide bonds. The van der Waals surface area contributed by atoms with E-state index in [4.69, 9.17) is 0 Å². The van der Waals surface area contributed by atoms with Gasteiger partial charge in [-0.2, -0.15) is 0 Å². The standard InChI is InChI=1S/C18H26N2O/c1-13(2)17(14-6-4-3-5-7-14)8-18(21)20-11-15-9-19-10-16(15)12-20/h3-7,13,15-17,19H,8-12H2,1-2H3/t15-,16+,17?. The normalized spacial score (nSPS) is 26.1. The van der Waals surface area contributed by atoms with Crippen molar-refractivity contribution in [3.8, 4) is 0 Å². The zero-order valence-corrected chi connectivity index (χ0v) is 13.1. The largest absolute Gasteiger partial charge is 0.342 e. The molecule has 3 rings (SSSR count). The van der Waals surface area contributed by atoms with E-state index in [1.54, 1.807) is 0 Å². The van der Waals surface area contributed by atoms with Crippen molar-refractivity contribution in [3.63, 3.8) is 0 Å². The summed E-state index contributed by atoms with van der Waals surface area (Å²) in [6, 6.07) is 10.5. The summed E-state index contributed by atoms with van der Waals surface area (Å²) >= 11 is 0. The number of benzene rings is 1. The topological polar surface area (TPSA) is 32.3 Å². The van der Waals surface area contributed by atoms with Crippen LogP contribution in [0.5, 0.6) is 0 Å². The molecule has 0 aromatic heterocycles. The number of amides is 1. The van der Waals surface area contributed by atoms with Crippen LogP contribution in [-0.2, 0) is 4.79 Å². The molecule has 0 radical (unpaired) electrons. The predicted molar refractivity (Wildman–Crippen MR) is 85.1 cm³/mol. The Hall–Kier alpha value is -1.35. The average molecular weight is 286 g/mol. The van der Waals surface area contributed by atoms with E-state index < -0.39 is 0 Å². The lowest BCUT2D eigenvalue weighted by Gasteiger charge is -2.25. The summed E-state index contributed by atoms with van der Waals surface area (Å²) in [6.45, 7) is 8.51. The van der Waals surface area contributed by atoms with Gasteiger partial charge in [0.1, 0.15) is 0 Å². The van der Waals surface area contributed by atoms with Crippen molar-refractivity contribution in [2.45, 2.75) is 26.2 Å². The monoisotopic (exact) mass is 286 g/mol. The van der Waals surface area contributed by atoms with E-state index in [0.29, 0.717) is 36.0 Å². The van der Waals surface area contributed by atoms with Gasteiger partial charge in [0, 0.05) is 32.6 Å². The summed E-state index contributed by atoms with van der Waals surface area (Å²) in [5.74, 6) is 2.52. The molecular formula is C18H26N2O. The Morgan fingerprint density at radius 1 is 1.19 bits per heavy atom. The maximum Gasteiger partial charge on any atom is 0.223 e. The highest BCUT2D eigenvalue weighted by Crippen LogP contribution is 2.31. The summed E-state index contributed by atoms with van der Waals surface area (Å²) in [4.78, 5) is 14.8. The quantitative estimate of drug-likeness (QED) is 0.922. The van der Waals surface area contributed by atoms with Crippen molar-refractivity contribution < 1.29 is 4.79 Å². The van der Waals surface area contributed by atoms with Crippen LogP contribution in [0.25, 0.3) is 0 Å². The first-order valence-corrected chi connectivity index (χ1v) is 8.18. The molecule has 0 bridgehead atoms. The lowest BCUT2D eigenvalue weighted by Crippen LogP contribution is -2.33. The molecule has 3 nitrogen and oxygen atoms in total. The summed E-state index contributed by atoms with van der Waals surface area (Å²) in [7, 11) is 0. The number of carbonyl (C=O) groups excluding carboxylic acids is 1. The summed E-state index contributed by atoms with van der Waals surface area (Å²) < 4.78 is 0. The van der Waals surface area contributed by atoms with Crippen LogP contribution < -0.4 is 5.32 Å². The Morgan fingerprint density at radius 3 is 2.38 bits per heavy atom. The van der Waals surface area contributed by atoms with E-state index in [9.17, 15) is 4.79 Å². The number of nitrogens with one attached hydrogen (secondary N) is 1. The number of nitrogens with zero attached hydrogens (tertiary/aromatic N) is 1. The van der Waals surface area contributed by atoms with Gasteiger partial charge in [-0.25, -0.2) is 0 Å². The van der Waals surface area contributed by atoms with Gasteiger partial charge in [-0.05, 0) is 29.2 Å². The van der Waals surface area contributed by atoms with E-state index in [1.807, 2.05) is 6.07 Å². The molecule has 2 fully saturated rings. The number of rotatable bonds is 4. The molecule has 3 atom stereocenters. The Morgan fingerprint density at radius 2 is 1.81 bits per heavy atom. The second-order valence-corrected chi connectivity index (χ2v) is 6.94. The molecule has 2 saturated heterocycles. The van der Waals surface area contributed by atoms with E-state index in [-0.39, 0.29) is 0 Å². The number of fused-ring (bicyclic) bond motifs is 1. The van der Waals surface area contributed by atoms with Gasteiger partial charge in [0.05, 0.1) is 0 Å². The Labute approximate surface area is 127 Å². The number of likely N-dealkylation sites (tertiary alicyclic amines) is 1. The van der Waals surface area contributed by atoms with E-state index in [2.05, 4.69) is 48.3 Å². The van der Waals surface area contributed by atoms with Crippen LogP contribution in [0.15, 0.2) is 30.3 Å². The summed E-state index contributed by atoms with van der Waals surface area (Å²) in [6.07, 6.45) is 0.647. The van der Waals surface area contributed by atoms with Crippen molar-refractivity contribution in [3.05, 3.63) is 35.9 Å². The van der Waals surface area contributed by atoms with Crippen molar-refractivity contribution in [2.75, 3.05) is 26.2 Å². The molecular weight excluding hydrogens is 260 g/mol. The molecule has 0 aliphatic carbocycles. The third-order valence-electron chi connectivity index (χ3n) is 5.17. The van der Waals surface area contributed by atoms with Crippen LogP contribution in [0.2, 0.25) is 0 Å². The highest BCUT2D eigenvalue weighted by Gasteiger charge is 2.38. The van der Waals surface area contributed by atoms with E-state index in [1.165, 1.54) is 5.56 Å². The molecule has 0 spiro atoms. The van der Waals surface area contributed by atoms with Crippen LogP contribution in [0.4, 0.5) is 0 Å². The van der Waals surface area contributed by atoms with Crippen molar-refractivity contribution in [2.24, 2.45) is 17.8 Å². The highest BCUT2D eigenvalue weighted by atomic mass is 16.2. The first-order valence-electron chi connectivity index (χ1n) is 8.18. The first kappa shape index (κ1) is 14.6. The maximum absolute atomic E-state index is 12.7. The van der Waals surface area contributed by atoms with Crippen LogP contribution in [-0.4, -0.2) is 37.0 Å². The predicted octanol–water partition coefficient (Wildman–Crippen LogP) is 2.49. The van der Waals surface area contributed by atoms with Crippen LogP contribution in [0.1, 0.15) is 31.7 Å². The van der Waals surface area contributed by atoms with Crippen molar-refractivity contribution in [1.82, 2.24) is 10.2 Å². The van der Waals surface area contributed by atoms with Gasteiger partial charge < -0.3 is 10.2 Å². The second kappa shape index (κ2) is 6.18. The molecule has 1 unspecified atom stereocenters.